The third-order valence-electron chi connectivity index (χ3n) is 3.11. The summed E-state index contributed by atoms with van der Waals surface area (Å²) in [6.45, 7) is 4.44. The van der Waals surface area contributed by atoms with E-state index in [2.05, 4.69) is 15.9 Å². The maximum atomic E-state index is 12.7. The van der Waals surface area contributed by atoms with Gasteiger partial charge in [-0.05, 0) is 32.0 Å². The van der Waals surface area contributed by atoms with Gasteiger partial charge >= 0.3 is 0 Å². The minimum Gasteiger partial charge on any atom is -0.398 e. The van der Waals surface area contributed by atoms with Gasteiger partial charge in [0.1, 0.15) is 4.90 Å². The fraction of sp³-hybridized carbons (Fsp3) is 0.500. The number of halogens is 1. The van der Waals surface area contributed by atoms with Gasteiger partial charge in [-0.3, -0.25) is 0 Å². The second-order valence-corrected chi connectivity index (χ2v) is 7.52. The highest BCUT2D eigenvalue weighted by molar-refractivity contribution is 9.10. The fourth-order valence-electron chi connectivity index (χ4n) is 2.09. The van der Waals surface area contributed by atoms with Crippen molar-refractivity contribution in [3.63, 3.8) is 0 Å². The molecule has 1 heterocycles. The van der Waals surface area contributed by atoms with Gasteiger partial charge in [0.05, 0.1) is 18.4 Å². The van der Waals surface area contributed by atoms with Crippen molar-refractivity contribution >= 4 is 31.6 Å². The van der Waals surface area contributed by atoms with Crippen LogP contribution in [0.2, 0.25) is 0 Å². The van der Waals surface area contributed by atoms with Crippen molar-refractivity contribution in [3.05, 3.63) is 22.7 Å². The van der Waals surface area contributed by atoms with Crippen molar-refractivity contribution in [2.45, 2.75) is 30.9 Å². The lowest BCUT2D eigenvalue weighted by Crippen LogP contribution is -2.50. The summed E-state index contributed by atoms with van der Waals surface area (Å²) in [7, 11) is -3.58. The second kappa shape index (κ2) is 5.40. The SMILES string of the molecule is CC1CN(S(=O)(=O)c2ccc(Br)cc2N)C(C)CO1. The van der Waals surface area contributed by atoms with E-state index in [0.717, 1.165) is 4.47 Å². The number of rotatable bonds is 2. The number of morpholine rings is 1. The molecule has 1 fully saturated rings. The topological polar surface area (TPSA) is 72.6 Å². The molecule has 1 aliphatic rings. The molecule has 2 rings (SSSR count). The lowest BCUT2D eigenvalue weighted by molar-refractivity contribution is -0.0170. The summed E-state index contributed by atoms with van der Waals surface area (Å²) in [5.74, 6) is 0. The molecule has 2 atom stereocenters. The van der Waals surface area contributed by atoms with Crippen LogP contribution in [0.3, 0.4) is 0 Å². The molecule has 0 aliphatic carbocycles. The zero-order valence-electron chi connectivity index (χ0n) is 10.8. The van der Waals surface area contributed by atoms with Gasteiger partial charge in [-0.15, -0.1) is 0 Å². The van der Waals surface area contributed by atoms with E-state index in [9.17, 15) is 8.42 Å². The van der Waals surface area contributed by atoms with Crippen LogP contribution < -0.4 is 5.73 Å². The normalized spacial score (nSPS) is 25.4. The lowest BCUT2D eigenvalue weighted by atomic mass is 10.2. The minimum atomic E-state index is -3.58. The molecule has 19 heavy (non-hydrogen) atoms. The van der Waals surface area contributed by atoms with Gasteiger partial charge in [0, 0.05) is 17.1 Å². The first-order chi connectivity index (χ1) is 8.82. The summed E-state index contributed by atoms with van der Waals surface area (Å²) in [6.07, 6.45) is -0.109. The Bertz CT molecular complexity index is 576. The van der Waals surface area contributed by atoms with Crippen LogP contribution in [-0.2, 0) is 14.8 Å². The number of nitrogens with zero attached hydrogens (tertiary/aromatic N) is 1. The Morgan fingerprint density at radius 1 is 1.42 bits per heavy atom. The van der Waals surface area contributed by atoms with Crippen LogP contribution in [0.15, 0.2) is 27.6 Å². The molecule has 0 bridgehead atoms. The van der Waals surface area contributed by atoms with Crippen LogP contribution in [0, 0.1) is 0 Å². The van der Waals surface area contributed by atoms with Gasteiger partial charge in [0.2, 0.25) is 10.0 Å². The standard InChI is InChI=1S/C12H17BrN2O3S/c1-8-7-18-9(2)6-15(8)19(16,17)12-4-3-10(13)5-11(12)14/h3-5,8-9H,6-7,14H2,1-2H3. The van der Waals surface area contributed by atoms with E-state index < -0.39 is 10.0 Å². The molecule has 2 N–H and O–H groups in total. The Kier molecular flexibility index (Phi) is 4.20. The summed E-state index contributed by atoms with van der Waals surface area (Å²) in [6, 6.07) is 4.62. The van der Waals surface area contributed by atoms with Crippen LogP contribution >= 0.6 is 15.9 Å². The highest BCUT2D eigenvalue weighted by Crippen LogP contribution is 2.28. The average molecular weight is 349 g/mol. The molecule has 7 heteroatoms. The molecule has 0 aromatic heterocycles. The van der Waals surface area contributed by atoms with Crippen LogP contribution in [0.5, 0.6) is 0 Å². The number of anilines is 1. The Balaban J connectivity index is 2.41. The van der Waals surface area contributed by atoms with Gasteiger partial charge < -0.3 is 10.5 Å². The average Bonchev–Trinajstić information content (AvgIpc) is 2.31. The lowest BCUT2D eigenvalue weighted by Gasteiger charge is -2.35. The van der Waals surface area contributed by atoms with E-state index in [1.807, 2.05) is 13.8 Å². The van der Waals surface area contributed by atoms with Crippen molar-refractivity contribution in [1.82, 2.24) is 4.31 Å². The van der Waals surface area contributed by atoms with E-state index in [4.69, 9.17) is 10.5 Å². The molecule has 0 spiro atoms. The summed E-state index contributed by atoms with van der Waals surface area (Å²) >= 11 is 3.27. The van der Waals surface area contributed by atoms with E-state index in [1.165, 1.54) is 10.4 Å². The maximum absolute atomic E-state index is 12.7. The number of ether oxygens (including phenoxy) is 1. The van der Waals surface area contributed by atoms with Crippen molar-refractivity contribution in [1.29, 1.82) is 0 Å². The molecule has 106 valence electrons. The first kappa shape index (κ1) is 14.8. The van der Waals surface area contributed by atoms with Crippen molar-refractivity contribution < 1.29 is 13.2 Å². The van der Waals surface area contributed by atoms with E-state index in [1.54, 1.807) is 12.1 Å². The number of nitrogen functional groups attached to an aromatic ring is 1. The summed E-state index contributed by atoms with van der Waals surface area (Å²) < 4.78 is 33.0. The molecule has 5 nitrogen and oxygen atoms in total. The first-order valence-electron chi connectivity index (χ1n) is 6.01. The third kappa shape index (κ3) is 2.94. The maximum Gasteiger partial charge on any atom is 0.245 e. The smallest absolute Gasteiger partial charge is 0.245 e. The van der Waals surface area contributed by atoms with Crippen LogP contribution in [0.4, 0.5) is 5.69 Å². The Labute approximate surface area is 121 Å². The molecule has 0 amide bonds. The minimum absolute atomic E-state index is 0.109. The highest BCUT2D eigenvalue weighted by Gasteiger charge is 2.35. The molecule has 0 saturated carbocycles. The Hall–Kier alpha value is -0.630. The second-order valence-electron chi connectivity index (χ2n) is 4.75. The Morgan fingerprint density at radius 2 is 2.11 bits per heavy atom. The molecule has 1 aromatic rings. The number of nitrogens with two attached hydrogens (primary N) is 1. The first-order valence-corrected chi connectivity index (χ1v) is 8.24. The molecule has 1 saturated heterocycles. The number of hydrogen-bond donors (Lipinski definition) is 1. The summed E-state index contributed by atoms with van der Waals surface area (Å²) in [5, 5.41) is 0. The predicted octanol–water partition coefficient (Wildman–Crippen LogP) is 1.83. The largest absolute Gasteiger partial charge is 0.398 e. The van der Waals surface area contributed by atoms with Crippen molar-refractivity contribution in [2.75, 3.05) is 18.9 Å². The number of sulfonamides is 1. The van der Waals surface area contributed by atoms with Crippen molar-refractivity contribution in [3.8, 4) is 0 Å². The molecule has 0 radical (unpaired) electrons. The number of benzene rings is 1. The molecular weight excluding hydrogens is 332 g/mol. The summed E-state index contributed by atoms with van der Waals surface area (Å²) in [5.41, 5.74) is 6.08. The van der Waals surface area contributed by atoms with E-state index in [0.29, 0.717) is 13.2 Å². The molecular formula is C12H17BrN2O3S. The van der Waals surface area contributed by atoms with Crippen LogP contribution in [0.1, 0.15) is 13.8 Å². The van der Waals surface area contributed by atoms with Gasteiger partial charge in [-0.25, -0.2) is 8.42 Å². The van der Waals surface area contributed by atoms with E-state index in [-0.39, 0.29) is 22.7 Å². The van der Waals surface area contributed by atoms with Crippen LogP contribution in [-0.4, -0.2) is 38.0 Å². The van der Waals surface area contributed by atoms with E-state index >= 15 is 0 Å². The van der Waals surface area contributed by atoms with Crippen molar-refractivity contribution in [2.24, 2.45) is 0 Å². The predicted molar refractivity (Wildman–Crippen MR) is 77.3 cm³/mol. The van der Waals surface area contributed by atoms with Gasteiger partial charge in [-0.2, -0.15) is 4.31 Å². The van der Waals surface area contributed by atoms with Gasteiger partial charge in [0.15, 0.2) is 0 Å². The quantitative estimate of drug-likeness (QED) is 0.827. The zero-order chi connectivity index (χ0) is 14.2. The number of hydrogen-bond acceptors (Lipinski definition) is 4. The van der Waals surface area contributed by atoms with Crippen LogP contribution in [0.25, 0.3) is 0 Å². The monoisotopic (exact) mass is 348 g/mol. The van der Waals surface area contributed by atoms with Gasteiger partial charge in [0.25, 0.3) is 0 Å². The highest BCUT2D eigenvalue weighted by atomic mass is 79.9. The fourth-order valence-corrected chi connectivity index (χ4v) is 4.26. The third-order valence-corrected chi connectivity index (χ3v) is 5.66. The molecule has 2 unspecified atom stereocenters. The molecule has 1 aromatic carbocycles. The summed E-state index contributed by atoms with van der Waals surface area (Å²) in [4.78, 5) is 0.150. The Morgan fingerprint density at radius 3 is 2.74 bits per heavy atom. The zero-order valence-corrected chi connectivity index (χ0v) is 13.2. The molecule has 1 aliphatic heterocycles. The van der Waals surface area contributed by atoms with Gasteiger partial charge in [-0.1, -0.05) is 15.9 Å².